The number of hydrogen-bond donors (Lipinski definition) is 10. The highest BCUT2D eigenvalue weighted by Crippen LogP contribution is 2.54. The Morgan fingerprint density at radius 2 is 0.821 bits per heavy atom. The van der Waals surface area contributed by atoms with Gasteiger partial charge < -0.3 is 89.5 Å². The lowest BCUT2D eigenvalue weighted by atomic mass is 9.75. The Balaban J connectivity index is 0.000000381. The first-order valence-electron chi connectivity index (χ1n) is 53.3. The molecule has 0 aliphatic heterocycles. The van der Waals surface area contributed by atoms with E-state index in [1.165, 1.54) is 11.4 Å². The van der Waals surface area contributed by atoms with Crippen LogP contribution in [0, 0.1) is 118 Å². The summed E-state index contributed by atoms with van der Waals surface area (Å²) in [7, 11) is 0. The summed E-state index contributed by atoms with van der Waals surface area (Å²) in [5, 5.41) is 114. The number of aromatic nitrogens is 6. The minimum absolute atomic E-state index is 0.00832. The third kappa shape index (κ3) is 44.2. The number of aliphatic hydroxyl groups excluding tert-OH is 8. The van der Waals surface area contributed by atoms with Gasteiger partial charge >= 0.3 is 12.2 Å². The van der Waals surface area contributed by atoms with Gasteiger partial charge in [0, 0.05) is 102 Å². The molecular formula is C112H180N8O20. The lowest BCUT2D eigenvalue weighted by molar-refractivity contribution is -0.118. The minimum Gasteiger partial charge on any atom is -0.449 e. The summed E-state index contributed by atoms with van der Waals surface area (Å²) in [4.78, 5) is 73.7. The van der Waals surface area contributed by atoms with Gasteiger partial charge in [-0.3, -0.25) is 9.59 Å². The Labute approximate surface area is 837 Å². The van der Waals surface area contributed by atoms with Gasteiger partial charge in [-0.25, -0.2) is 19.0 Å². The summed E-state index contributed by atoms with van der Waals surface area (Å²) < 4.78 is 37.2. The molecule has 2 fully saturated rings. The molecule has 2 aromatic rings. The number of amides is 2. The van der Waals surface area contributed by atoms with Crippen molar-refractivity contribution in [3.05, 3.63) is 145 Å². The number of aryl methyl sites for hydroxylation is 4. The summed E-state index contributed by atoms with van der Waals surface area (Å²) in [5.41, 5.74) is 4.42. The highest BCUT2D eigenvalue weighted by Gasteiger charge is 2.52. The number of allylic oxidation sites excluding steroid dienone is 12. The van der Waals surface area contributed by atoms with E-state index in [4.69, 9.17) is 28.4 Å². The molecule has 2 aromatic heterocycles. The second-order valence-corrected chi connectivity index (χ2v) is 42.0. The van der Waals surface area contributed by atoms with Gasteiger partial charge in [-0.15, -0.1) is 10.2 Å². The molecule has 140 heavy (non-hydrogen) atoms. The number of rotatable bonds is 40. The molecule has 28 atom stereocenters. The summed E-state index contributed by atoms with van der Waals surface area (Å²) in [6, 6.07) is 0. The lowest BCUT2D eigenvalue weighted by Crippen LogP contribution is -2.31. The average Bonchev–Trinajstić information content (AvgIpc) is 1.61. The lowest BCUT2D eigenvalue weighted by Gasteiger charge is -2.32. The number of aliphatic hydroxyl groups is 8. The van der Waals surface area contributed by atoms with E-state index < -0.39 is 61.0 Å². The number of carbonyl (C=O) groups is 6. The molecule has 2 amide bonds. The van der Waals surface area contributed by atoms with Crippen LogP contribution < -0.4 is 10.6 Å². The van der Waals surface area contributed by atoms with Crippen molar-refractivity contribution >= 4 is 35.3 Å². The van der Waals surface area contributed by atoms with Crippen LogP contribution in [0.2, 0.25) is 0 Å². The largest absolute Gasteiger partial charge is 0.449 e. The van der Waals surface area contributed by atoms with Gasteiger partial charge in [0.15, 0.2) is 11.6 Å². The predicted octanol–water partition coefficient (Wildman–Crippen LogP) is 16.2. The van der Waals surface area contributed by atoms with Crippen LogP contribution in [0.25, 0.3) is 0 Å². The highest BCUT2D eigenvalue weighted by molar-refractivity contribution is 5.90. The maximum Gasteiger partial charge on any atom is 0.407 e. The van der Waals surface area contributed by atoms with Crippen molar-refractivity contribution in [2.24, 2.45) is 118 Å². The van der Waals surface area contributed by atoms with Crippen molar-refractivity contribution < 1.29 is 98.0 Å². The van der Waals surface area contributed by atoms with Crippen LogP contribution in [-0.2, 0) is 86.4 Å². The fourth-order valence-electron chi connectivity index (χ4n) is 21.5. The van der Waals surface area contributed by atoms with E-state index in [9.17, 15) is 69.6 Å². The molecule has 2 heterocycles. The van der Waals surface area contributed by atoms with Crippen molar-refractivity contribution in [3.63, 3.8) is 0 Å². The van der Waals surface area contributed by atoms with Crippen LogP contribution in [-0.4, -0.2) is 234 Å². The van der Waals surface area contributed by atoms with Crippen LogP contribution in [0.15, 0.2) is 123 Å². The van der Waals surface area contributed by atoms with Gasteiger partial charge in [-0.1, -0.05) is 203 Å². The molecule has 0 aromatic carbocycles. The number of Topliss-reactive ketones (excluding diaryl/α,β-unsaturated/α-hetero) is 2. The van der Waals surface area contributed by atoms with E-state index in [2.05, 4.69) is 72.1 Å². The molecule has 0 unspecified atom stereocenters. The van der Waals surface area contributed by atoms with E-state index in [0.29, 0.717) is 179 Å². The van der Waals surface area contributed by atoms with Gasteiger partial charge in [0.05, 0.1) is 124 Å². The molecule has 28 nitrogen and oxygen atoms in total. The molecule has 28 heteroatoms. The molecule has 0 bridgehead atoms. The summed E-state index contributed by atoms with van der Waals surface area (Å²) in [5.74, 6) is 2.26. The zero-order valence-corrected chi connectivity index (χ0v) is 86.8. The van der Waals surface area contributed by atoms with Gasteiger partial charge in [-0.2, -0.15) is 0 Å². The van der Waals surface area contributed by atoms with E-state index >= 15 is 0 Å². The first-order chi connectivity index (χ1) is 67.2. The first kappa shape index (κ1) is 119. The molecule has 10 N–H and O–H groups in total. The Morgan fingerprint density at radius 3 is 1.19 bits per heavy atom. The topological polar surface area (TPSA) is 405 Å². The molecular weight excluding hydrogens is 1780 g/mol. The van der Waals surface area contributed by atoms with Gasteiger partial charge in [0.25, 0.3) is 0 Å². The van der Waals surface area contributed by atoms with Gasteiger partial charge in [-0.05, 0) is 249 Å². The fraction of sp³-hybridized carbons (Fsp3) is 0.732. The number of unbranched alkanes of at least 4 members (excludes halogenated alkanes) is 2. The average molecular weight is 1960 g/mol. The number of ether oxygens (including phenoxy) is 6. The van der Waals surface area contributed by atoms with Crippen molar-refractivity contribution in [3.8, 4) is 0 Å². The summed E-state index contributed by atoms with van der Waals surface area (Å²) >= 11 is 0. The molecule has 2 saturated carbocycles. The highest BCUT2D eigenvalue weighted by atomic mass is 16.6. The molecule has 0 radical (unpaired) electrons. The van der Waals surface area contributed by atoms with E-state index in [-0.39, 0.29) is 132 Å². The Kier molecular flexibility index (Phi) is 56.0. The molecule has 0 spiro atoms. The van der Waals surface area contributed by atoms with Gasteiger partial charge in [0.1, 0.15) is 11.6 Å². The molecule has 0 saturated heterocycles. The maximum atomic E-state index is 13.4. The van der Waals surface area contributed by atoms with Crippen LogP contribution in [0.4, 0.5) is 9.59 Å². The van der Waals surface area contributed by atoms with E-state index in [0.717, 1.165) is 114 Å². The van der Waals surface area contributed by atoms with Crippen molar-refractivity contribution in [2.45, 2.75) is 325 Å². The molecule has 8 rings (SSSR count). The number of hydrogen-bond acceptors (Lipinski definition) is 24. The summed E-state index contributed by atoms with van der Waals surface area (Å²) in [6.07, 6.45) is 45.5. The Morgan fingerprint density at radius 1 is 0.450 bits per heavy atom. The number of ketones is 4. The van der Waals surface area contributed by atoms with E-state index in [1.54, 1.807) is 62.5 Å². The third-order valence-electron chi connectivity index (χ3n) is 30.6. The minimum atomic E-state index is -0.899. The second-order valence-electron chi connectivity index (χ2n) is 42.0. The monoisotopic (exact) mass is 1960 g/mol. The number of fused-ring (bicyclic) bond motifs is 4. The quantitative estimate of drug-likeness (QED) is 0.0168. The zero-order valence-electron chi connectivity index (χ0n) is 86.8. The van der Waals surface area contributed by atoms with Crippen molar-refractivity contribution in [1.29, 1.82) is 0 Å². The molecule has 6 aliphatic rings. The first-order valence-corrected chi connectivity index (χ1v) is 53.3. The van der Waals surface area contributed by atoms with Gasteiger partial charge in [0.2, 0.25) is 0 Å². The SMILES string of the molecule is C=C/C=C\[C@H](C)[C@@H]1CC(=O)/C=C\C=C\[C@@H](CCCCn2nnc3c2CC[C@@H]2[C@H](CC3)[C@@H]2COC(=O)NCCOCCOCCCC(C)=O)[C@@H](O)C[C@H](O)/C=C\[C@H](C)[C@H](O)[C@@H](C)C[C@@H](C)CC[C@@H](O)[C@@H]1C.C=C/C=C\[C@H](C)[C@@H]1CC(=O)/C=C\C=C\[C@@H](CCCCn2nnc3c2CC[C@H]2[C@@H](CC3)[C@H]2COC(=O)NCCOCCOCCCC(C)=O)[C@@H](O)C[C@H](O)/C=C\[C@H](C)[C@H](O)[C@@H](C)C[C@@H](C)CC[C@@H](O)[C@@H]1C. The molecule has 788 valence electrons. The van der Waals surface area contributed by atoms with Crippen LogP contribution in [0.3, 0.4) is 0 Å². The number of nitrogens with one attached hydrogen (secondary N) is 2. The standard InChI is InChI=1S/2C56H90N4O10/c2*1-8-9-15-39(3)49-35-45(62)19-11-10-17-44(54(65)36-46(63)22-21-40(4)55(66)41(5)34-38(2)20-27-53(64)43(49)7)18-12-13-29-60-52-26-24-48-47(23-25-51(52)58-59-60)50(48)37-70-56(67)57-28-31-69-33-32-68-30-14-16-42(6)61/h2*8-11,15,17,19,21-22,38-41,43-44,46-50,53-55,63-66H,1,12-14,16,18,20,23-37H2,2-7H3,(H,57,67)/b2*15-9-,17-10+,19-11-,22-21-/t38-,39-,40-,41-,43+,44-,46+,47+,48-,49-,50+,53+,54-,55-;38-,39-,40-,41-,43+,44-,46+,47-,48+,49-,50-,53+,54-,55-/m00/s1. The van der Waals surface area contributed by atoms with Crippen molar-refractivity contribution in [2.75, 3.05) is 79.2 Å². The number of nitrogens with zero attached hydrogens (tertiary/aromatic N) is 6. The van der Waals surface area contributed by atoms with Crippen LogP contribution in [0.5, 0.6) is 0 Å². The number of alkyl carbamates (subject to hydrolysis) is 2. The van der Waals surface area contributed by atoms with E-state index in [1.807, 2.05) is 112 Å². The number of carbonyl (C=O) groups excluding carboxylic acids is 6. The van der Waals surface area contributed by atoms with Crippen LogP contribution >= 0.6 is 0 Å². The Hall–Kier alpha value is -7.58. The second kappa shape index (κ2) is 65.7. The van der Waals surface area contributed by atoms with Crippen molar-refractivity contribution in [1.82, 2.24) is 40.6 Å². The predicted molar refractivity (Wildman–Crippen MR) is 547 cm³/mol. The maximum absolute atomic E-state index is 13.4. The smallest absolute Gasteiger partial charge is 0.407 e. The fourth-order valence-corrected chi connectivity index (χ4v) is 21.5. The zero-order chi connectivity index (χ0) is 102. The normalized spacial score (nSPS) is 32.4. The van der Waals surface area contributed by atoms with Crippen LogP contribution in [0.1, 0.15) is 260 Å². The molecule has 6 aliphatic carbocycles. The Bertz CT molecular complexity index is 3950. The summed E-state index contributed by atoms with van der Waals surface area (Å²) in [6.45, 7) is 37.7. The third-order valence-corrected chi connectivity index (χ3v) is 30.6.